The Bertz CT molecular complexity index is 954. The van der Waals surface area contributed by atoms with Gasteiger partial charge in [-0.3, -0.25) is 4.79 Å². The smallest absolute Gasteiger partial charge is 0.229 e. The molecule has 22 heavy (non-hydrogen) atoms. The zero-order valence-electron chi connectivity index (χ0n) is 11.7. The van der Waals surface area contributed by atoms with E-state index in [1.165, 1.54) is 0 Å². The van der Waals surface area contributed by atoms with Crippen LogP contribution in [-0.2, 0) is 11.2 Å². The van der Waals surface area contributed by atoms with Gasteiger partial charge in [0.15, 0.2) is 0 Å². The van der Waals surface area contributed by atoms with E-state index in [1.54, 1.807) is 11.3 Å². The molecule has 4 aromatic rings. The van der Waals surface area contributed by atoms with Gasteiger partial charge >= 0.3 is 0 Å². The van der Waals surface area contributed by atoms with Crippen molar-refractivity contribution >= 4 is 44.9 Å². The summed E-state index contributed by atoms with van der Waals surface area (Å²) in [4.78, 5) is 13.2. The van der Waals surface area contributed by atoms with Gasteiger partial charge in [0.2, 0.25) is 5.91 Å². The molecule has 1 amide bonds. The summed E-state index contributed by atoms with van der Waals surface area (Å²) in [5.41, 5.74) is 2.48. The first-order chi connectivity index (χ1) is 10.8. The maximum Gasteiger partial charge on any atom is 0.229 e. The number of rotatable bonds is 3. The maximum atomic E-state index is 12.1. The summed E-state index contributed by atoms with van der Waals surface area (Å²) in [7, 11) is 0. The number of furan rings is 1. The highest BCUT2D eigenvalue weighted by Crippen LogP contribution is 2.30. The number of hydrogen-bond acceptors (Lipinski definition) is 3. The highest BCUT2D eigenvalue weighted by atomic mass is 32.1. The van der Waals surface area contributed by atoms with Crippen LogP contribution in [0.15, 0.2) is 64.4 Å². The Hall–Kier alpha value is -2.59. The van der Waals surface area contributed by atoms with Gasteiger partial charge < -0.3 is 9.73 Å². The predicted molar refractivity (Wildman–Crippen MR) is 90.4 cm³/mol. The minimum Gasteiger partial charge on any atom is -0.456 e. The number of para-hydroxylation sites is 1. The molecule has 2 aromatic heterocycles. The highest BCUT2D eigenvalue weighted by molar-refractivity contribution is 7.10. The van der Waals surface area contributed by atoms with Crippen LogP contribution < -0.4 is 5.32 Å². The lowest BCUT2D eigenvalue weighted by Gasteiger charge is -2.04. The number of anilines is 1. The Morgan fingerprint density at radius 1 is 1.00 bits per heavy atom. The minimum atomic E-state index is -0.00500. The molecule has 0 unspecified atom stereocenters. The average Bonchev–Trinajstić information content (AvgIpc) is 3.14. The fourth-order valence-corrected chi connectivity index (χ4v) is 3.28. The molecule has 2 heterocycles. The van der Waals surface area contributed by atoms with Crippen LogP contribution in [0.5, 0.6) is 0 Å². The molecule has 2 aromatic carbocycles. The van der Waals surface area contributed by atoms with Gasteiger partial charge in [0.1, 0.15) is 11.2 Å². The number of fused-ring (bicyclic) bond motifs is 3. The second-order valence-corrected chi connectivity index (χ2v) is 6.15. The third-order valence-electron chi connectivity index (χ3n) is 3.58. The second-order valence-electron chi connectivity index (χ2n) is 5.11. The lowest BCUT2D eigenvalue weighted by Crippen LogP contribution is -2.13. The third kappa shape index (κ3) is 2.38. The first kappa shape index (κ1) is 13.1. The lowest BCUT2D eigenvalue weighted by atomic mass is 10.1. The van der Waals surface area contributed by atoms with Crippen molar-refractivity contribution in [2.75, 3.05) is 5.32 Å². The third-order valence-corrected chi connectivity index (χ3v) is 4.45. The summed E-state index contributed by atoms with van der Waals surface area (Å²) < 4.78 is 5.79. The van der Waals surface area contributed by atoms with Crippen molar-refractivity contribution in [3.8, 4) is 0 Å². The van der Waals surface area contributed by atoms with Crippen molar-refractivity contribution in [2.45, 2.75) is 6.42 Å². The van der Waals surface area contributed by atoms with Gasteiger partial charge in [-0.15, -0.1) is 11.3 Å². The molecule has 0 aliphatic rings. The summed E-state index contributed by atoms with van der Waals surface area (Å²) >= 11 is 1.59. The number of thiophene rings is 1. The summed E-state index contributed by atoms with van der Waals surface area (Å²) in [5.74, 6) is -0.00500. The van der Waals surface area contributed by atoms with E-state index in [4.69, 9.17) is 4.42 Å². The summed E-state index contributed by atoms with van der Waals surface area (Å²) in [6.07, 6.45) is 0.405. The van der Waals surface area contributed by atoms with Gasteiger partial charge in [-0.25, -0.2) is 0 Å². The lowest BCUT2D eigenvalue weighted by molar-refractivity contribution is -0.115. The standard InChI is InChI=1S/C18H13NO2S/c20-18(11-13-4-3-9-22-13)19-12-7-8-17-15(10-12)14-5-1-2-6-16(14)21-17/h1-10H,11H2,(H,19,20). The van der Waals surface area contributed by atoms with Crippen molar-refractivity contribution in [1.82, 2.24) is 0 Å². The van der Waals surface area contributed by atoms with Crippen LogP contribution in [-0.4, -0.2) is 5.91 Å². The molecule has 0 aliphatic carbocycles. The molecule has 108 valence electrons. The van der Waals surface area contributed by atoms with E-state index < -0.39 is 0 Å². The van der Waals surface area contributed by atoms with Gasteiger partial charge in [0.05, 0.1) is 6.42 Å². The normalized spacial score (nSPS) is 11.1. The number of carbonyl (C=O) groups is 1. The van der Waals surface area contributed by atoms with E-state index in [0.717, 1.165) is 32.5 Å². The van der Waals surface area contributed by atoms with E-state index in [0.29, 0.717) is 6.42 Å². The van der Waals surface area contributed by atoms with Crippen LogP contribution >= 0.6 is 11.3 Å². The Morgan fingerprint density at radius 3 is 2.73 bits per heavy atom. The van der Waals surface area contributed by atoms with Gasteiger partial charge in [-0.1, -0.05) is 24.3 Å². The molecule has 0 bridgehead atoms. The summed E-state index contributed by atoms with van der Waals surface area (Å²) in [6, 6.07) is 17.6. The van der Waals surface area contributed by atoms with E-state index in [1.807, 2.05) is 60.0 Å². The highest BCUT2D eigenvalue weighted by Gasteiger charge is 2.09. The molecule has 0 saturated heterocycles. The van der Waals surface area contributed by atoms with Crippen molar-refractivity contribution in [3.63, 3.8) is 0 Å². The first-order valence-electron chi connectivity index (χ1n) is 7.03. The average molecular weight is 307 g/mol. The number of benzene rings is 2. The van der Waals surface area contributed by atoms with Crippen molar-refractivity contribution in [3.05, 3.63) is 64.9 Å². The Labute approximate surface area is 131 Å². The van der Waals surface area contributed by atoms with Gasteiger partial charge in [-0.05, 0) is 35.7 Å². The van der Waals surface area contributed by atoms with Gasteiger partial charge in [0.25, 0.3) is 0 Å². The predicted octanol–water partition coefficient (Wildman–Crippen LogP) is 4.83. The van der Waals surface area contributed by atoms with E-state index in [9.17, 15) is 4.79 Å². The van der Waals surface area contributed by atoms with Crippen molar-refractivity contribution < 1.29 is 9.21 Å². The van der Waals surface area contributed by atoms with Crippen LogP contribution in [0.1, 0.15) is 4.88 Å². The molecule has 4 rings (SSSR count). The summed E-state index contributed by atoms with van der Waals surface area (Å²) in [6.45, 7) is 0. The Morgan fingerprint density at radius 2 is 1.86 bits per heavy atom. The number of hydrogen-bond donors (Lipinski definition) is 1. The number of nitrogens with one attached hydrogen (secondary N) is 1. The Balaban J connectivity index is 1.64. The number of carbonyl (C=O) groups excluding carboxylic acids is 1. The van der Waals surface area contributed by atoms with Crippen LogP contribution in [0.25, 0.3) is 21.9 Å². The molecule has 4 heteroatoms. The largest absolute Gasteiger partial charge is 0.456 e. The van der Waals surface area contributed by atoms with Crippen LogP contribution in [0.3, 0.4) is 0 Å². The molecule has 3 nitrogen and oxygen atoms in total. The van der Waals surface area contributed by atoms with Crippen LogP contribution in [0.4, 0.5) is 5.69 Å². The van der Waals surface area contributed by atoms with Crippen LogP contribution in [0.2, 0.25) is 0 Å². The molecule has 0 saturated carbocycles. The fraction of sp³-hybridized carbons (Fsp3) is 0.0556. The van der Waals surface area contributed by atoms with Crippen LogP contribution in [0, 0.1) is 0 Å². The van der Waals surface area contributed by atoms with E-state index >= 15 is 0 Å². The van der Waals surface area contributed by atoms with Gasteiger partial charge in [0, 0.05) is 21.3 Å². The zero-order valence-corrected chi connectivity index (χ0v) is 12.5. The molecule has 0 atom stereocenters. The topological polar surface area (TPSA) is 42.2 Å². The van der Waals surface area contributed by atoms with Crippen molar-refractivity contribution in [1.29, 1.82) is 0 Å². The molecular formula is C18H13NO2S. The molecule has 0 spiro atoms. The minimum absolute atomic E-state index is 0.00500. The molecular weight excluding hydrogens is 294 g/mol. The number of amides is 1. The maximum absolute atomic E-state index is 12.1. The molecule has 0 radical (unpaired) electrons. The SMILES string of the molecule is O=C(Cc1cccs1)Nc1ccc2oc3ccccc3c2c1. The quantitative estimate of drug-likeness (QED) is 0.589. The monoisotopic (exact) mass is 307 g/mol. The molecule has 1 N–H and O–H groups in total. The molecule has 0 fully saturated rings. The van der Waals surface area contributed by atoms with Crippen molar-refractivity contribution in [2.24, 2.45) is 0 Å². The zero-order chi connectivity index (χ0) is 14.9. The van der Waals surface area contributed by atoms with E-state index in [2.05, 4.69) is 5.32 Å². The first-order valence-corrected chi connectivity index (χ1v) is 7.91. The fourth-order valence-electron chi connectivity index (χ4n) is 2.58. The second kappa shape index (κ2) is 5.31. The van der Waals surface area contributed by atoms with E-state index in [-0.39, 0.29) is 5.91 Å². The van der Waals surface area contributed by atoms with Gasteiger partial charge in [-0.2, -0.15) is 0 Å². The molecule has 0 aliphatic heterocycles. The summed E-state index contributed by atoms with van der Waals surface area (Å²) in [5, 5.41) is 7.01. The Kier molecular flexibility index (Phi) is 3.16.